The molecule has 5 unspecified atom stereocenters. The van der Waals surface area contributed by atoms with Gasteiger partial charge in [0.25, 0.3) is 0 Å². The van der Waals surface area contributed by atoms with E-state index in [1.165, 1.54) is 0 Å². The number of carboxylic acids is 1. The monoisotopic (exact) mass is 460 g/mol. The van der Waals surface area contributed by atoms with Crippen molar-refractivity contribution in [2.24, 2.45) is 28.6 Å². The minimum atomic E-state index is -1.73. The second kappa shape index (κ2) is 8.17. The van der Waals surface area contributed by atoms with Crippen LogP contribution in [0.2, 0.25) is 0 Å². The summed E-state index contributed by atoms with van der Waals surface area (Å²) in [4.78, 5) is 47.4. The second-order valence-electron chi connectivity index (χ2n) is 10.6. The Hall–Kier alpha value is -2.32. The summed E-state index contributed by atoms with van der Waals surface area (Å²) in [5.41, 5.74) is -1.99. The third kappa shape index (κ3) is 3.67. The second-order valence-corrected chi connectivity index (χ2v) is 10.6. The number of aliphatic hydroxyl groups excluding tert-OH is 1. The quantitative estimate of drug-likeness (QED) is 0.512. The van der Waals surface area contributed by atoms with Crippen LogP contribution in [-0.2, 0) is 23.9 Å². The number of carbonyl (C=O) groups excluding carboxylic acids is 3. The van der Waals surface area contributed by atoms with Crippen molar-refractivity contribution in [2.45, 2.75) is 70.5 Å². The molecule has 7 atom stereocenters. The molecule has 8 heteroatoms. The van der Waals surface area contributed by atoms with Crippen LogP contribution in [0.25, 0.3) is 0 Å². The van der Waals surface area contributed by atoms with Gasteiger partial charge in [-0.1, -0.05) is 25.5 Å². The van der Waals surface area contributed by atoms with Gasteiger partial charge in [0.15, 0.2) is 12.4 Å². The summed E-state index contributed by atoms with van der Waals surface area (Å²) in [5.74, 6) is -2.58. The summed E-state index contributed by atoms with van der Waals surface area (Å²) in [7, 11) is 0. The largest absolute Gasteiger partial charge is 0.481 e. The number of hydrogen-bond acceptors (Lipinski definition) is 7. The molecule has 33 heavy (non-hydrogen) atoms. The van der Waals surface area contributed by atoms with Gasteiger partial charge in [-0.2, -0.15) is 0 Å². The third-order valence-electron chi connectivity index (χ3n) is 9.02. The van der Waals surface area contributed by atoms with E-state index in [-0.39, 0.29) is 49.2 Å². The molecule has 0 bridgehead atoms. The van der Waals surface area contributed by atoms with Crippen molar-refractivity contribution in [1.29, 1.82) is 0 Å². The van der Waals surface area contributed by atoms with E-state index in [0.29, 0.717) is 6.42 Å². The smallest absolute Gasteiger partial charge is 0.306 e. The van der Waals surface area contributed by atoms with Gasteiger partial charge in [0, 0.05) is 16.7 Å². The standard InChI is InChI=1S/C25H32O8/c1-23-9-7-15(26)11-14(23)3-4-16-17-8-10-25(32,24(17,2)12-18(27)22(16)23)19(28)13-33-21(31)6-5-20(29)30/h7,9,11,16-18,22,27,32H,3-6,8,10,12-13H2,1-2H3,(H,29,30)/t16?,17?,18?,22?,23-,24-,25?/m0/s1. The molecule has 3 fully saturated rings. The third-order valence-corrected chi connectivity index (χ3v) is 9.02. The molecule has 0 saturated heterocycles. The van der Waals surface area contributed by atoms with Crippen LogP contribution < -0.4 is 0 Å². The summed E-state index contributed by atoms with van der Waals surface area (Å²) in [5, 5.41) is 31.6. The van der Waals surface area contributed by atoms with E-state index in [1.807, 2.05) is 13.0 Å². The number of allylic oxidation sites excluding steroid dienone is 4. The van der Waals surface area contributed by atoms with Crippen molar-refractivity contribution >= 4 is 23.5 Å². The highest BCUT2D eigenvalue weighted by atomic mass is 16.5. The summed E-state index contributed by atoms with van der Waals surface area (Å²) < 4.78 is 4.96. The number of esters is 1. The molecule has 0 spiro atoms. The Morgan fingerprint density at radius 3 is 2.61 bits per heavy atom. The van der Waals surface area contributed by atoms with Crippen LogP contribution in [0.4, 0.5) is 0 Å². The predicted molar refractivity (Wildman–Crippen MR) is 116 cm³/mol. The molecule has 0 aromatic rings. The Balaban J connectivity index is 1.53. The van der Waals surface area contributed by atoms with E-state index in [9.17, 15) is 29.4 Å². The molecule has 8 nitrogen and oxygen atoms in total. The topological polar surface area (TPSA) is 138 Å². The first-order valence-corrected chi connectivity index (χ1v) is 11.7. The van der Waals surface area contributed by atoms with E-state index < -0.39 is 46.9 Å². The lowest BCUT2D eigenvalue weighted by molar-refractivity contribution is -0.181. The van der Waals surface area contributed by atoms with Crippen molar-refractivity contribution in [3.05, 3.63) is 23.8 Å². The molecule has 0 radical (unpaired) electrons. The lowest BCUT2D eigenvalue weighted by Crippen LogP contribution is -2.61. The Morgan fingerprint density at radius 2 is 1.91 bits per heavy atom. The zero-order valence-electron chi connectivity index (χ0n) is 19.1. The SMILES string of the molecule is C[C@]12C=CC(=O)C=C1CCC1C2C(O)C[C@@]2(C)C1CCC2(O)C(=O)COC(=O)CCC(=O)O. The van der Waals surface area contributed by atoms with Crippen LogP contribution in [0.5, 0.6) is 0 Å². The molecule has 0 heterocycles. The first kappa shape index (κ1) is 23.8. The van der Waals surface area contributed by atoms with Crippen LogP contribution in [0.1, 0.15) is 58.8 Å². The Morgan fingerprint density at radius 1 is 1.18 bits per heavy atom. The first-order valence-electron chi connectivity index (χ1n) is 11.7. The van der Waals surface area contributed by atoms with Crippen LogP contribution in [0.3, 0.4) is 0 Å². The van der Waals surface area contributed by atoms with Crippen LogP contribution >= 0.6 is 0 Å². The lowest BCUT2D eigenvalue weighted by Gasteiger charge is -2.59. The molecule has 0 aliphatic heterocycles. The first-order chi connectivity index (χ1) is 15.4. The van der Waals surface area contributed by atoms with Gasteiger partial charge in [-0.05, 0) is 56.1 Å². The van der Waals surface area contributed by atoms with Gasteiger partial charge in [0.05, 0.1) is 18.9 Å². The Bertz CT molecular complexity index is 950. The minimum absolute atomic E-state index is 0.00645. The average Bonchev–Trinajstić information content (AvgIpc) is 3.02. The van der Waals surface area contributed by atoms with Crippen LogP contribution in [0.15, 0.2) is 23.8 Å². The molecule has 4 aliphatic carbocycles. The maximum Gasteiger partial charge on any atom is 0.306 e. The molecule has 0 aromatic heterocycles. The minimum Gasteiger partial charge on any atom is -0.481 e. The van der Waals surface area contributed by atoms with Gasteiger partial charge in [0.2, 0.25) is 5.78 Å². The highest BCUT2D eigenvalue weighted by Gasteiger charge is 2.68. The summed E-state index contributed by atoms with van der Waals surface area (Å²) in [6.45, 7) is 3.30. The van der Waals surface area contributed by atoms with Crippen molar-refractivity contribution in [3.63, 3.8) is 0 Å². The molecule has 0 aromatic carbocycles. The van der Waals surface area contributed by atoms with Crippen LogP contribution in [-0.4, -0.2) is 57.1 Å². The van der Waals surface area contributed by atoms with E-state index in [4.69, 9.17) is 9.84 Å². The van der Waals surface area contributed by atoms with Gasteiger partial charge < -0.3 is 20.1 Å². The molecule has 0 amide bonds. The number of carboxylic acid groups (broad SMARTS) is 1. The highest BCUT2D eigenvalue weighted by Crippen LogP contribution is 2.67. The van der Waals surface area contributed by atoms with Crippen molar-refractivity contribution < 1.29 is 39.2 Å². The molecule has 4 aliphatic rings. The molecular weight excluding hydrogens is 428 g/mol. The number of fused-ring (bicyclic) bond motifs is 5. The Kier molecular flexibility index (Phi) is 5.90. The average molecular weight is 461 g/mol. The van der Waals surface area contributed by atoms with Gasteiger partial charge in [-0.25, -0.2) is 0 Å². The number of hydrogen-bond donors (Lipinski definition) is 3. The summed E-state index contributed by atoms with van der Waals surface area (Å²) in [6, 6.07) is 0. The zero-order valence-corrected chi connectivity index (χ0v) is 19.1. The van der Waals surface area contributed by atoms with Crippen molar-refractivity contribution in [1.82, 2.24) is 0 Å². The summed E-state index contributed by atoms with van der Waals surface area (Å²) >= 11 is 0. The molecule has 3 N–H and O–H groups in total. The number of rotatable bonds is 6. The number of carbonyl (C=O) groups is 4. The van der Waals surface area contributed by atoms with Crippen molar-refractivity contribution in [3.8, 4) is 0 Å². The van der Waals surface area contributed by atoms with E-state index >= 15 is 0 Å². The summed E-state index contributed by atoms with van der Waals surface area (Å²) in [6.07, 6.45) is 6.27. The van der Waals surface area contributed by atoms with Gasteiger partial charge in [-0.15, -0.1) is 0 Å². The van der Waals surface area contributed by atoms with Gasteiger partial charge >= 0.3 is 11.9 Å². The van der Waals surface area contributed by atoms with E-state index in [0.717, 1.165) is 18.4 Å². The number of Topliss-reactive ketones (excluding diaryl/α,β-unsaturated/α-hetero) is 1. The molecular formula is C25H32O8. The fraction of sp³-hybridized carbons (Fsp3) is 0.680. The number of ketones is 2. The molecule has 3 saturated carbocycles. The Labute approximate surface area is 192 Å². The fourth-order valence-corrected chi connectivity index (χ4v) is 7.34. The zero-order chi connectivity index (χ0) is 24.2. The van der Waals surface area contributed by atoms with Crippen molar-refractivity contribution in [2.75, 3.05) is 6.61 Å². The van der Waals surface area contributed by atoms with E-state index in [1.54, 1.807) is 12.2 Å². The van der Waals surface area contributed by atoms with Crippen LogP contribution in [0, 0.1) is 28.6 Å². The number of ether oxygens (including phenoxy) is 1. The number of aliphatic hydroxyl groups is 2. The maximum atomic E-state index is 13.1. The maximum absolute atomic E-state index is 13.1. The predicted octanol–water partition coefficient (Wildman–Crippen LogP) is 1.97. The van der Waals surface area contributed by atoms with Gasteiger partial charge in [0.1, 0.15) is 5.60 Å². The molecule has 4 rings (SSSR count). The van der Waals surface area contributed by atoms with E-state index in [2.05, 4.69) is 6.92 Å². The van der Waals surface area contributed by atoms with Gasteiger partial charge in [-0.3, -0.25) is 19.2 Å². The fourth-order valence-electron chi connectivity index (χ4n) is 7.34. The number of aliphatic carboxylic acids is 1. The molecule has 180 valence electrons. The lowest BCUT2D eigenvalue weighted by atomic mass is 9.46. The normalized spacial score (nSPS) is 41.5. The highest BCUT2D eigenvalue weighted by molar-refractivity contribution is 6.01.